The van der Waals surface area contributed by atoms with Crippen LogP contribution < -0.4 is 9.80 Å². The van der Waals surface area contributed by atoms with Gasteiger partial charge in [-0.05, 0) is 55.8 Å². The maximum atomic E-state index is 15.8. The minimum absolute atomic E-state index is 0.00783. The summed E-state index contributed by atoms with van der Waals surface area (Å²) < 4.78 is 90.0. The van der Waals surface area contributed by atoms with Gasteiger partial charge in [0.15, 0.2) is 0 Å². The molecule has 2 aromatic carbocycles. The van der Waals surface area contributed by atoms with Crippen molar-refractivity contribution in [2.24, 2.45) is 7.05 Å². The van der Waals surface area contributed by atoms with Gasteiger partial charge in [0.1, 0.15) is 6.33 Å². The third kappa shape index (κ3) is 3.88. The molecule has 1 aromatic heterocycles. The monoisotopic (exact) mass is 564 g/mol. The third-order valence-corrected chi connectivity index (χ3v) is 8.29. The summed E-state index contributed by atoms with van der Waals surface area (Å²) >= 11 is 0. The lowest BCUT2D eigenvalue weighted by Crippen LogP contribution is -2.68. The molecule has 2 unspecified atom stereocenters. The molecule has 40 heavy (non-hydrogen) atoms. The van der Waals surface area contributed by atoms with Crippen molar-refractivity contribution in [2.75, 3.05) is 29.9 Å². The summed E-state index contributed by atoms with van der Waals surface area (Å²) in [4.78, 5) is 18.6. The first-order valence-electron chi connectivity index (χ1n) is 12.7. The van der Waals surface area contributed by atoms with Gasteiger partial charge in [0.05, 0.1) is 12.1 Å². The number of halogens is 6. The summed E-state index contributed by atoms with van der Waals surface area (Å²) in [6.07, 6.45) is -2.82. The van der Waals surface area contributed by atoms with Crippen LogP contribution in [0.2, 0.25) is 0 Å². The van der Waals surface area contributed by atoms with Gasteiger partial charge in [-0.1, -0.05) is 12.1 Å². The van der Waals surface area contributed by atoms with Gasteiger partial charge in [0.2, 0.25) is 11.5 Å². The third-order valence-electron chi connectivity index (χ3n) is 8.29. The highest BCUT2D eigenvalue weighted by molar-refractivity contribution is 6.11. The molecule has 7 nitrogen and oxygen atoms in total. The highest BCUT2D eigenvalue weighted by Crippen LogP contribution is 2.49. The van der Waals surface area contributed by atoms with E-state index in [1.807, 2.05) is 11.9 Å². The van der Waals surface area contributed by atoms with Gasteiger partial charge < -0.3 is 19.3 Å². The topological polar surface area (TPSA) is 57.5 Å². The maximum Gasteiger partial charge on any atom is 0.416 e. The van der Waals surface area contributed by atoms with Crippen LogP contribution in [0.5, 0.6) is 0 Å². The first kappa shape index (κ1) is 26.6. The molecule has 0 spiro atoms. The molecule has 3 fully saturated rings. The lowest BCUT2D eigenvalue weighted by Gasteiger charge is -2.57. The summed E-state index contributed by atoms with van der Waals surface area (Å²) in [6, 6.07) is 7.58. The number of rotatable bonds is 5. The molecule has 2 bridgehead atoms. The van der Waals surface area contributed by atoms with Gasteiger partial charge in [-0.25, -0.2) is 4.39 Å². The van der Waals surface area contributed by atoms with Crippen molar-refractivity contribution in [3.8, 4) is 0 Å². The van der Waals surface area contributed by atoms with Gasteiger partial charge in [-0.3, -0.25) is 4.79 Å². The second-order valence-corrected chi connectivity index (χ2v) is 11.0. The molecule has 5 heterocycles. The maximum absolute atomic E-state index is 15.8. The molecule has 1 amide bonds. The van der Waals surface area contributed by atoms with E-state index in [9.17, 15) is 18.0 Å². The van der Waals surface area contributed by atoms with Crippen molar-refractivity contribution in [1.82, 2.24) is 19.7 Å². The Morgan fingerprint density at radius 3 is 2.27 bits per heavy atom. The predicted molar refractivity (Wildman–Crippen MR) is 134 cm³/mol. The quantitative estimate of drug-likeness (QED) is 0.415. The molecule has 3 saturated heterocycles. The van der Waals surface area contributed by atoms with E-state index in [0.29, 0.717) is 25.7 Å². The van der Waals surface area contributed by atoms with E-state index in [4.69, 9.17) is 0 Å². The fraction of sp³-hybridized carbons (Fsp3) is 0.444. The lowest BCUT2D eigenvalue weighted by atomic mass is 9.86. The number of likely N-dealkylation sites (N-methyl/N-ethyl adjacent to an activating group) is 1. The average Bonchev–Trinajstić information content (AvgIpc) is 3.46. The van der Waals surface area contributed by atoms with Crippen molar-refractivity contribution in [3.05, 3.63) is 70.8 Å². The molecule has 4 aliphatic heterocycles. The largest absolute Gasteiger partial charge is 0.416 e. The number of fused-ring (bicyclic) bond motifs is 3. The highest BCUT2D eigenvalue weighted by Gasteiger charge is 2.57. The fourth-order valence-electron chi connectivity index (χ4n) is 6.17. The standard InChI is InChI=1S/C27H26F6N6O/c1-25(28,26(29,30)24-35-34-14-37(24)3)15-5-4-6-16(7-15)38-13-21-20(23(38)40)9-17(10-22(21)27(31,32)33)39-18-8-19(39)12-36(2)11-18/h4-7,9-10,14,18-19H,8,11-13H2,1-3H3/t18?,19?,25-/m1/s1. The van der Waals surface area contributed by atoms with Gasteiger partial charge in [0.25, 0.3) is 5.91 Å². The zero-order valence-electron chi connectivity index (χ0n) is 21.9. The molecule has 4 aliphatic rings. The first-order valence-corrected chi connectivity index (χ1v) is 12.7. The highest BCUT2D eigenvalue weighted by atomic mass is 19.4. The number of benzene rings is 2. The van der Waals surface area contributed by atoms with Crippen LogP contribution in [0, 0.1) is 0 Å². The summed E-state index contributed by atoms with van der Waals surface area (Å²) in [5.41, 5.74) is -4.59. The number of aryl methyl sites for hydroxylation is 1. The predicted octanol–water partition coefficient (Wildman–Crippen LogP) is 4.86. The number of nitrogens with zero attached hydrogens (tertiary/aromatic N) is 6. The van der Waals surface area contributed by atoms with Crippen LogP contribution in [0.25, 0.3) is 0 Å². The Morgan fingerprint density at radius 2 is 1.65 bits per heavy atom. The number of alkyl halides is 6. The summed E-state index contributed by atoms with van der Waals surface area (Å²) in [5, 5.41) is 6.76. The number of carbonyl (C=O) groups excluding carboxylic acids is 1. The molecule has 7 rings (SSSR count). The van der Waals surface area contributed by atoms with Gasteiger partial charge in [-0.15, -0.1) is 10.2 Å². The number of carbonyl (C=O) groups is 1. The van der Waals surface area contributed by atoms with Crippen LogP contribution in [-0.4, -0.2) is 57.8 Å². The SMILES string of the molecule is CN1CC2CC(C1)N2c1cc2c(c(C(F)(F)F)c1)CN(c1cccc([C@@](C)(F)C(F)(F)c3nncn3C)c1)C2=O. The van der Waals surface area contributed by atoms with Crippen molar-refractivity contribution >= 4 is 17.3 Å². The van der Waals surface area contributed by atoms with Crippen molar-refractivity contribution in [1.29, 1.82) is 0 Å². The zero-order valence-corrected chi connectivity index (χ0v) is 21.9. The molecule has 13 heteroatoms. The van der Waals surface area contributed by atoms with Crippen LogP contribution in [0.3, 0.4) is 0 Å². The van der Waals surface area contributed by atoms with E-state index in [0.717, 1.165) is 40.4 Å². The van der Waals surface area contributed by atoms with E-state index in [-0.39, 0.29) is 28.9 Å². The first-order chi connectivity index (χ1) is 18.7. The van der Waals surface area contributed by atoms with Gasteiger partial charge >= 0.3 is 12.1 Å². The summed E-state index contributed by atoms with van der Waals surface area (Å²) in [7, 11) is 3.22. The Bertz CT molecular complexity index is 1490. The Balaban J connectivity index is 1.36. The minimum atomic E-state index is -4.72. The molecular formula is C27H26F6N6O. The van der Waals surface area contributed by atoms with E-state index >= 15 is 13.2 Å². The number of piperidine rings is 1. The van der Waals surface area contributed by atoms with Crippen LogP contribution in [0.1, 0.15) is 46.2 Å². The Hall–Kier alpha value is -3.61. The van der Waals surface area contributed by atoms with Crippen LogP contribution in [-0.2, 0) is 31.4 Å². The minimum Gasteiger partial charge on any atom is -0.363 e. The van der Waals surface area contributed by atoms with Crippen LogP contribution in [0.15, 0.2) is 42.7 Å². The van der Waals surface area contributed by atoms with E-state index < -0.39 is 47.2 Å². The number of piperazine rings is 1. The molecule has 3 aromatic rings. The average molecular weight is 565 g/mol. The molecule has 3 atom stereocenters. The van der Waals surface area contributed by atoms with Crippen molar-refractivity contribution < 1.29 is 31.1 Å². The van der Waals surface area contributed by atoms with Gasteiger partial charge in [-0.2, -0.15) is 22.0 Å². The van der Waals surface area contributed by atoms with E-state index in [1.54, 1.807) is 0 Å². The Kier molecular flexibility index (Phi) is 5.78. The number of hydrogen-bond donors (Lipinski definition) is 0. The van der Waals surface area contributed by atoms with Crippen molar-refractivity contribution in [2.45, 2.75) is 49.7 Å². The number of aromatic nitrogens is 3. The smallest absolute Gasteiger partial charge is 0.363 e. The molecular weight excluding hydrogens is 538 g/mol. The summed E-state index contributed by atoms with van der Waals surface area (Å²) in [6.45, 7) is 1.69. The van der Waals surface area contributed by atoms with Gasteiger partial charge in [0, 0.05) is 49.2 Å². The number of amides is 1. The fourth-order valence-corrected chi connectivity index (χ4v) is 6.17. The Labute approximate surface area is 226 Å². The normalized spacial score (nSPS) is 22.8. The molecule has 0 N–H and O–H groups in total. The molecule has 0 radical (unpaired) electrons. The Morgan fingerprint density at radius 1 is 0.950 bits per heavy atom. The van der Waals surface area contributed by atoms with Crippen LogP contribution >= 0.6 is 0 Å². The molecule has 212 valence electrons. The van der Waals surface area contributed by atoms with Crippen molar-refractivity contribution in [3.63, 3.8) is 0 Å². The number of hydrogen-bond acceptors (Lipinski definition) is 5. The second kappa shape index (κ2) is 8.69. The zero-order chi connectivity index (χ0) is 28.8. The number of anilines is 2. The van der Waals surface area contributed by atoms with E-state index in [2.05, 4.69) is 15.1 Å². The molecule has 0 saturated carbocycles. The summed E-state index contributed by atoms with van der Waals surface area (Å²) in [5.74, 6) is -5.70. The van der Waals surface area contributed by atoms with E-state index in [1.165, 1.54) is 25.2 Å². The second-order valence-electron chi connectivity index (χ2n) is 11.0. The lowest BCUT2D eigenvalue weighted by molar-refractivity contribution is -0.149. The van der Waals surface area contributed by atoms with Crippen LogP contribution in [0.4, 0.5) is 37.7 Å². The molecule has 0 aliphatic carbocycles.